The van der Waals surface area contributed by atoms with Crippen LogP contribution in [0.4, 0.5) is 8.78 Å². The van der Waals surface area contributed by atoms with Gasteiger partial charge in [0.15, 0.2) is 11.6 Å². The van der Waals surface area contributed by atoms with Crippen molar-refractivity contribution >= 4 is 0 Å². The van der Waals surface area contributed by atoms with E-state index in [2.05, 4.69) is 20.6 Å². The number of benzene rings is 1. The van der Waals surface area contributed by atoms with Crippen LogP contribution in [0.5, 0.6) is 0 Å². The van der Waals surface area contributed by atoms with E-state index in [0.717, 1.165) is 12.1 Å². The number of H-pyrrole nitrogens is 1. The molecule has 0 unspecified atom stereocenters. The zero-order valence-electron chi connectivity index (χ0n) is 6.33. The van der Waals surface area contributed by atoms with Crippen molar-refractivity contribution in [1.29, 1.82) is 0 Å². The number of tetrazole rings is 1. The summed E-state index contributed by atoms with van der Waals surface area (Å²) < 4.78 is 25.2. The van der Waals surface area contributed by atoms with Crippen molar-refractivity contribution in [3.8, 4) is 11.4 Å². The molecular formula is C7H4F2N4. The molecule has 66 valence electrons. The second-order valence-electron chi connectivity index (χ2n) is 2.36. The molecule has 1 aromatic heterocycles. The molecule has 0 bridgehead atoms. The fourth-order valence-corrected chi connectivity index (χ4v) is 0.919. The lowest BCUT2D eigenvalue weighted by molar-refractivity contribution is 0.509. The molecule has 0 aliphatic heterocycles. The predicted molar refractivity (Wildman–Crippen MR) is 39.5 cm³/mol. The van der Waals surface area contributed by atoms with Gasteiger partial charge >= 0.3 is 0 Å². The largest absolute Gasteiger partial charge is 0.204 e. The second kappa shape index (κ2) is 2.89. The van der Waals surface area contributed by atoms with Gasteiger partial charge in [-0.3, -0.25) is 0 Å². The molecule has 0 fully saturated rings. The fourth-order valence-electron chi connectivity index (χ4n) is 0.919. The minimum absolute atomic E-state index is 0.235. The molecule has 0 radical (unpaired) electrons. The highest BCUT2D eigenvalue weighted by Crippen LogP contribution is 2.16. The molecule has 0 aliphatic carbocycles. The molecule has 1 aromatic carbocycles. The molecule has 0 atom stereocenters. The van der Waals surface area contributed by atoms with Gasteiger partial charge in [0.1, 0.15) is 0 Å². The summed E-state index contributed by atoms with van der Waals surface area (Å²) in [5, 5.41) is 12.8. The van der Waals surface area contributed by atoms with Crippen LogP contribution in [0.1, 0.15) is 0 Å². The minimum atomic E-state index is -0.928. The third kappa shape index (κ3) is 1.37. The summed E-state index contributed by atoms with van der Waals surface area (Å²) in [4.78, 5) is 0. The summed E-state index contributed by atoms with van der Waals surface area (Å²) in [6.45, 7) is 0. The van der Waals surface area contributed by atoms with Crippen LogP contribution in [0.2, 0.25) is 0 Å². The van der Waals surface area contributed by atoms with E-state index in [1.807, 2.05) is 0 Å². The van der Waals surface area contributed by atoms with E-state index < -0.39 is 11.6 Å². The topological polar surface area (TPSA) is 54.5 Å². The lowest BCUT2D eigenvalue weighted by Gasteiger charge is -1.94. The van der Waals surface area contributed by atoms with E-state index in [1.54, 1.807) is 0 Å². The Bertz CT molecular complexity index is 412. The summed E-state index contributed by atoms with van der Waals surface area (Å²) in [6, 6.07) is 3.41. The highest BCUT2D eigenvalue weighted by atomic mass is 19.2. The van der Waals surface area contributed by atoms with Crippen LogP contribution in [-0.4, -0.2) is 20.6 Å². The molecule has 1 heterocycles. The Labute approximate surface area is 71.6 Å². The van der Waals surface area contributed by atoms with Gasteiger partial charge in [0.25, 0.3) is 0 Å². The molecule has 0 aliphatic rings. The van der Waals surface area contributed by atoms with Crippen LogP contribution in [0.15, 0.2) is 18.2 Å². The SMILES string of the molecule is Fc1ccc(-c2nn[nH]n2)cc1F. The smallest absolute Gasteiger partial charge is 0.204 e. The monoisotopic (exact) mass is 182 g/mol. The lowest BCUT2D eigenvalue weighted by Crippen LogP contribution is -1.86. The quantitative estimate of drug-likeness (QED) is 0.719. The molecular weight excluding hydrogens is 178 g/mol. The molecule has 6 heteroatoms. The number of aromatic amines is 1. The maximum Gasteiger partial charge on any atom is 0.204 e. The summed E-state index contributed by atoms with van der Waals surface area (Å²) in [5.74, 6) is -1.59. The van der Waals surface area contributed by atoms with E-state index in [1.165, 1.54) is 6.07 Å². The van der Waals surface area contributed by atoms with E-state index in [-0.39, 0.29) is 5.82 Å². The van der Waals surface area contributed by atoms with E-state index in [4.69, 9.17) is 0 Å². The number of hydrogen-bond donors (Lipinski definition) is 1. The lowest BCUT2D eigenvalue weighted by atomic mass is 10.2. The Morgan fingerprint density at radius 1 is 1.15 bits per heavy atom. The van der Waals surface area contributed by atoms with Crippen molar-refractivity contribution in [3.05, 3.63) is 29.8 Å². The van der Waals surface area contributed by atoms with Crippen molar-refractivity contribution in [1.82, 2.24) is 20.6 Å². The van der Waals surface area contributed by atoms with Crippen LogP contribution in [0.25, 0.3) is 11.4 Å². The highest BCUT2D eigenvalue weighted by Gasteiger charge is 2.06. The van der Waals surface area contributed by atoms with Crippen LogP contribution in [-0.2, 0) is 0 Å². The summed E-state index contributed by atoms with van der Waals surface area (Å²) in [7, 11) is 0. The number of aromatic nitrogens is 4. The van der Waals surface area contributed by atoms with Crippen LogP contribution >= 0.6 is 0 Å². The van der Waals surface area contributed by atoms with Crippen LogP contribution in [0.3, 0.4) is 0 Å². The predicted octanol–water partition coefficient (Wildman–Crippen LogP) is 1.14. The average molecular weight is 182 g/mol. The van der Waals surface area contributed by atoms with Gasteiger partial charge in [0.2, 0.25) is 5.82 Å². The first-order valence-electron chi connectivity index (χ1n) is 3.46. The Balaban J connectivity index is 2.49. The molecule has 0 saturated carbocycles. The van der Waals surface area contributed by atoms with E-state index >= 15 is 0 Å². The first kappa shape index (κ1) is 7.78. The third-order valence-corrected chi connectivity index (χ3v) is 1.52. The zero-order chi connectivity index (χ0) is 9.26. The Morgan fingerprint density at radius 2 is 2.00 bits per heavy atom. The standard InChI is InChI=1S/C7H4F2N4/c8-5-2-1-4(3-6(5)9)7-10-12-13-11-7/h1-3H,(H,10,11,12,13). The van der Waals surface area contributed by atoms with Crippen molar-refractivity contribution in [3.63, 3.8) is 0 Å². The number of nitrogens with zero attached hydrogens (tertiary/aromatic N) is 3. The van der Waals surface area contributed by atoms with Crippen LogP contribution < -0.4 is 0 Å². The average Bonchev–Trinajstić information content (AvgIpc) is 2.62. The van der Waals surface area contributed by atoms with Crippen molar-refractivity contribution < 1.29 is 8.78 Å². The molecule has 2 aromatic rings. The zero-order valence-corrected chi connectivity index (χ0v) is 6.33. The number of rotatable bonds is 1. The first-order valence-corrected chi connectivity index (χ1v) is 3.46. The van der Waals surface area contributed by atoms with E-state index in [0.29, 0.717) is 5.56 Å². The minimum Gasteiger partial charge on any atom is -0.204 e. The molecule has 0 spiro atoms. The number of halogens is 2. The normalized spacial score (nSPS) is 10.3. The molecule has 0 amide bonds. The van der Waals surface area contributed by atoms with Gasteiger partial charge in [-0.25, -0.2) is 8.78 Å². The molecule has 0 saturated heterocycles. The van der Waals surface area contributed by atoms with Gasteiger partial charge in [0, 0.05) is 5.56 Å². The summed E-state index contributed by atoms with van der Waals surface area (Å²) >= 11 is 0. The Kier molecular flexibility index (Phi) is 1.73. The van der Waals surface area contributed by atoms with Gasteiger partial charge in [-0.05, 0) is 23.4 Å². The first-order chi connectivity index (χ1) is 6.27. The van der Waals surface area contributed by atoms with Crippen molar-refractivity contribution in [2.45, 2.75) is 0 Å². The summed E-state index contributed by atoms with van der Waals surface area (Å²) in [6.07, 6.45) is 0. The Hall–Kier alpha value is -1.85. The van der Waals surface area contributed by atoms with Crippen LogP contribution in [0, 0.1) is 11.6 Å². The summed E-state index contributed by atoms with van der Waals surface area (Å²) in [5.41, 5.74) is 0.382. The number of hydrogen-bond acceptors (Lipinski definition) is 3. The molecule has 1 N–H and O–H groups in total. The Morgan fingerprint density at radius 3 is 2.62 bits per heavy atom. The maximum atomic E-state index is 12.7. The van der Waals surface area contributed by atoms with Gasteiger partial charge in [0.05, 0.1) is 0 Å². The van der Waals surface area contributed by atoms with Crippen molar-refractivity contribution in [2.24, 2.45) is 0 Å². The molecule has 13 heavy (non-hydrogen) atoms. The molecule has 2 rings (SSSR count). The third-order valence-electron chi connectivity index (χ3n) is 1.52. The van der Waals surface area contributed by atoms with Crippen molar-refractivity contribution in [2.75, 3.05) is 0 Å². The number of nitrogens with one attached hydrogen (secondary N) is 1. The van der Waals surface area contributed by atoms with Gasteiger partial charge in [-0.15, -0.1) is 10.2 Å². The van der Waals surface area contributed by atoms with E-state index in [9.17, 15) is 8.78 Å². The second-order valence-corrected chi connectivity index (χ2v) is 2.36. The maximum absolute atomic E-state index is 12.7. The highest BCUT2D eigenvalue weighted by molar-refractivity contribution is 5.53. The van der Waals surface area contributed by atoms with Gasteiger partial charge < -0.3 is 0 Å². The van der Waals surface area contributed by atoms with Gasteiger partial charge in [-0.2, -0.15) is 5.21 Å². The molecule has 4 nitrogen and oxygen atoms in total. The fraction of sp³-hybridized carbons (Fsp3) is 0. The van der Waals surface area contributed by atoms with Gasteiger partial charge in [-0.1, -0.05) is 0 Å².